The summed E-state index contributed by atoms with van der Waals surface area (Å²) < 4.78 is 10.5. The van der Waals surface area contributed by atoms with Crippen LogP contribution in [-0.4, -0.2) is 30.6 Å². The van der Waals surface area contributed by atoms with E-state index in [-0.39, 0.29) is 18.2 Å². The molecule has 1 aliphatic carbocycles. The summed E-state index contributed by atoms with van der Waals surface area (Å²) in [5, 5.41) is 0. The number of esters is 1. The second-order valence-corrected chi connectivity index (χ2v) is 4.89. The van der Waals surface area contributed by atoms with E-state index in [1.165, 1.54) is 0 Å². The van der Waals surface area contributed by atoms with Crippen LogP contribution in [0.2, 0.25) is 0 Å². The van der Waals surface area contributed by atoms with Crippen molar-refractivity contribution in [3.05, 3.63) is 12.2 Å². The number of ketones is 1. The van der Waals surface area contributed by atoms with Crippen molar-refractivity contribution in [3.63, 3.8) is 0 Å². The van der Waals surface area contributed by atoms with Crippen LogP contribution < -0.4 is 0 Å². The van der Waals surface area contributed by atoms with Gasteiger partial charge in [-0.15, -0.1) is 0 Å². The lowest BCUT2D eigenvalue weighted by atomic mass is 9.85. The molecule has 0 aromatic carbocycles. The van der Waals surface area contributed by atoms with E-state index in [9.17, 15) is 9.59 Å². The van der Waals surface area contributed by atoms with Crippen molar-refractivity contribution < 1.29 is 19.1 Å². The highest BCUT2D eigenvalue weighted by atomic mass is 16.6. The van der Waals surface area contributed by atoms with Gasteiger partial charge in [0.2, 0.25) is 0 Å². The van der Waals surface area contributed by atoms with Gasteiger partial charge in [0.05, 0.1) is 6.10 Å². The molecule has 2 unspecified atom stereocenters. The first-order chi connectivity index (χ1) is 8.08. The predicted octanol–water partition coefficient (Wildman–Crippen LogP) is 1.63. The van der Waals surface area contributed by atoms with Gasteiger partial charge in [-0.3, -0.25) is 4.79 Å². The van der Waals surface area contributed by atoms with Gasteiger partial charge in [-0.05, 0) is 25.7 Å². The molecule has 17 heavy (non-hydrogen) atoms. The Hall–Kier alpha value is -1.16. The average Bonchev–Trinajstić information content (AvgIpc) is 3.06. The van der Waals surface area contributed by atoms with Gasteiger partial charge in [0.1, 0.15) is 18.5 Å². The van der Waals surface area contributed by atoms with E-state index in [1.54, 1.807) is 6.92 Å². The Kier molecular flexibility index (Phi) is 3.62. The van der Waals surface area contributed by atoms with Crippen LogP contribution in [0.1, 0.15) is 32.6 Å². The topological polar surface area (TPSA) is 55.9 Å². The van der Waals surface area contributed by atoms with Crippen LogP contribution >= 0.6 is 0 Å². The maximum Gasteiger partial charge on any atom is 0.333 e. The minimum absolute atomic E-state index is 0.0245. The number of Topliss-reactive ketones (excluding diaryl/α,β-unsaturated/α-hetero) is 1. The zero-order valence-corrected chi connectivity index (χ0v) is 10.1. The van der Waals surface area contributed by atoms with Crippen LogP contribution in [0.5, 0.6) is 0 Å². The molecular formula is C13H18O4. The van der Waals surface area contributed by atoms with E-state index in [4.69, 9.17) is 9.47 Å². The summed E-state index contributed by atoms with van der Waals surface area (Å²) >= 11 is 0. The number of rotatable bonds is 4. The van der Waals surface area contributed by atoms with Gasteiger partial charge in [-0.2, -0.15) is 0 Å². The zero-order chi connectivity index (χ0) is 12.4. The minimum atomic E-state index is -0.363. The standard InChI is InChI=1S/C13H18O4/c1-8(2)13(15)16-7-11-12(17-11)9-3-5-10(14)6-4-9/h9,11-12H,1,3-7H2,2H3. The van der Waals surface area contributed by atoms with Crippen molar-refractivity contribution in [2.24, 2.45) is 5.92 Å². The molecule has 0 aromatic rings. The monoisotopic (exact) mass is 238 g/mol. The van der Waals surface area contributed by atoms with Crippen molar-refractivity contribution >= 4 is 11.8 Å². The van der Waals surface area contributed by atoms with Gasteiger partial charge in [0.15, 0.2) is 0 Å². The van der Waals surface area contributed by atoms with Crippen molar-refractivity contribution in [2.75, 3.05) is 6.61 Å². The van der Waals surface area contributed by atoms with Gasteiger partial charge < -0.3 is 9.47 Å². The fraction of sp³-hybridized carbons (Fsp3) is 0.692. The van der Waals surface area contributed by atoms with E-state index in [0.29, 0.717) is 36.7 Å². The van der Waals surface area contributed by atoms with E-state index in [2.05, 4.69) is 6.58 Å². The second-order valence-electron chi connectivity index (χ2n) is 4.89. The molecule has 2 aliphatic rings. The van der Waals surface area contributed by atoms with Crippen LogP contribution in [0, 0.1) is 5.92 Å². The molecule has 2 atom stereocenters. The molecule has 2 rings (SSSR count). The van der Waals surface area contributed by atoms with Gasteiger partial charge in [-0.1, -0.05) is 6.58 Å². The van der Waals surface area contributed by atoms with E-state index in [0.717, 1.165) is 12.8 Å². The van der Waals surface area contributed by atoms with Crippen LogP contribution in [0.25, 0.3) is 0 Å². The molecule has 1 saturated heterocycles. The van der Waals surface area contributed by atoms with Gasteiger partial charge in [0, 0.05) is 18.4 Å². The first-order valence-corrected chi connectivity index (χ1v) is 6.07. The molecule has 4 nitrogen and oxygen atoms in total. The molecule has 0 aromatic heterocycles. The van der Waals surface area contributed by atoms with Crippen molar-refractivity contribution in [3.8, 4) is 0 Å². The molecule has 4 heteroatoms. The Morgan fingerprint density at radius 3 is 2.71 bits per heavy atom. The summed E-state index contributed by atoms with van der Waals surface area (Å²) in [6.07, 6.45) is 3.37. The lowest BCUT2D eigenvalue weighted by molar-refractivity contribution is -0.139. The fourth-order valence-corrected chi connectivity index (χ4v) is 2.28. The third kappa shape index (κ3) is 3.16. The smallest absolute Gasteiger partial charge is 0.333 e. The van der Waals surface area contributed by atoms with Crippen molar-refractivity contribution in [1.82, 2.24) is 0 Å². The Balaban J connectivity index is 1.68. The molecule has 1 heterocycles. The Bertz CT molecular complexity index is 337. The number of ether oxygens (including phenoxy) is 2. The zero-order valence-electron chi connectivity index (χ0n) is 10.1. The number of carbonyl (C=O) groups is 2. The third-order valence-electron chi connectivity index (χ3n) is 3.40. The maximum atomic E-state index is 11.2. The molecule has 1 aliphatic heterocycles. The van der Waals surface area contributed by atoms with Gasteiger partial charge in [0.25, 0.3) is 0 Å². The molecule has 0 N–H and O–H groups in total. The van der Waals surface area contributed by atoms with Gasteiger partial charge in [-0.25, -0.2) is 4.79 Å². The average molecular weight is 238 g/mol. The normalized spacial score (nSPS) is 28.9. The quantitative estimate of drug-likeness (QED) is 0.424. The fourth-order valence-electron chi connectivity index (χ4n) is 2.28. The Morgan fingerprint density at radius 1 is 1.47 bits per heavy atom. The number of hydrogen-bond acceptors (Lipinski definition) is 4. The molecule has 0 spiro atoms. The van der Waals surface area contributed by atoms with E-state index >= 15 is 0 Å². The largest absolute Gasteiger partial charge is 0.459 e. The minimum Gasteiger partial charge on any atom is -0.459 e. The highest BCUT2D eigenvalue weighted by molar-refractivity contribution is 5.86. The first-order valence-electron chi connectivity index (χ1n) is 6.07. The van der Waals surface area contributed by atoms with E-state index in [1.807, 2.05) is 0 Å². The molecule has 94 valence electrons. The molecule has 0 amide bonds. The SMILES string of the molecule is C=C(C)C(=O)OCC1OC1C1CCC(=O)CC1. The summed E-state index contributed by atoms with van der Waals surface area (Å²) in [5.41, 5.74) is 0.408. The Labute approximate surface area is 101 Å². The van der Waals surface area contributed by atoms with Crippen molar-refractivity contribution in [2.45, 2.75) is 44.8 Å². The summed E-state index contributed by atoms with van der Waals surface area (Å²) in [7, 11) is 0. The first kappa shape index (κ1) is 12.3. The number of carbonyl (C=O) groups excluding carboxylic acids is 2. The number of hydrogen-bond donors (Lipinski definition) is 0. The summed E-state index contributed by atoms with van der Waals surface area (Å²) in [6, 6.07) is 0. The maximum absolute atomic E-state index is 11.2. The Morgan fingerprint density at radius 2 is 2.12 bits per heavy atom. The summed E-state index contributed by atoms with van der Waals surface area (Å²) in [5.74, 6) is 0.450. The van der Waals surface area contributed by atoms with Crippen LogP contribution in [0.4, 0.5) is 0 Å². The van der Waals surface area contributed by atoms with Crippen LogP contribution in [0.15, 0.2) is 12.2 Å². The lowest BCUT2D eigenvalue weighted by Gasteiger charge is -2.18. The van der Waals surface area contributed by atoms with E-state index < -0.39 is 0 Å². The summed E-state index contributed by atoms with van der Waals surface area (Å²) in [4.78, 5) is 22.3. The predicted molar refractivity (Wildman–Crippen MR) is 61.4 cm³/mol. The second kappa shape index (κ2) is 5.00. The molecule has 0 bridgehead atoms. The van der Waals surface area contributed by atoms with Crippen LogP contribution in [-0.2, 0) is 19.1 Å². The molecule has 2 fully saturated rings. The highest BCUT2D eigenvalue weighted by Crippen LogP contribution is 2.37. The molecule has 1 saturated carbocycles. The highest BCUT2D eigenvalue weighted by Gasteiger charge is 2.46. The number of epoxide rings is 1. The summed E-state index contributed by atoms with van der Waals surface area (Å²) in [6.45, 7) is 5.45. The van der Waals surface area contributed by atoms with Gasteiger partial charge >= 0.3 is 5.97 Å². The lowest BCUT2D eigenvalue weighted by Crippen LogP contribution is -2.21. The van der Waals surface area contributed by atoms with Crippen molar-refractivity contribution in [1.29, 1.82) is 0 Å². The molecular weight excluding hydrogens is 220 g/mol. The molecule has 0 radical (unpaired) electrons. The third-order valence-corrected chi connectivity index (χ3v) is 3.40. The van der Waals surface area contributed by atoms with Crippen LogP contribution in [0.3, 0.4) is 0 Å².